The monoisotopic (exact) mass is 256 g/mol. The van der Waals surface area contributed by atoms with Crippen LogP contribution < -0.4 is 0 Å². The second-order valence-electron chi connectivity index (χ2n) is 2.97. The van der Waals surface area contributed by atoms with E-state index in [9.17, 15) is 0 Å². The Balaban J connectivity index is 1.83. The molecule has 1 aromatic heterocycles. The quantitative estimate of drug-likeness (QED) is 0.836. The van der Waals surface area contributed by atoms with Gasteiger partial charge in [-0.3, -0.25) is 0 Å². The van der Waals surface area contributed by atoms with Crippen LogP contribution in [0.2, 0.25) is 4.34 Å². The normalized spacial score (nSPS) is 10.5. The summed E-state index contributed by atoms with van der Waals surface area (Å²) in [5.41, 5.74) is 2.21. The van der Waals surface area contributed by atoms with Gasteiger partial charge in [0.15, 0.2) is 0 Å². The number of halogens is 1. The van der Waals surface area contributed by atoms with Gasteiger partial charge in [0.05, 0.1) is 0 Å². The van der Waals surface area contributed by atoms with Crippen molar-refractivity contribution in [2.45, 2.75) is 11.5 Å². The first-order chi connectivity index (χ1) is 7.36. The first-order valence-electron chi connectivity index (χ1n) is 4.44. The van der Waals surface area contributed by atoms with Gasteiger partial charge in [-0.25, -0.2) is 0 Å². The van der Waals surface area contributed by atoms with Gasteiger partial charge in [0, 0.05) is 23.0 Å². The second kappa shape index (κ2) is 5.49. The van der Waals surface area contributed by atoms with Gasteiger partial charge in [-0.15, -0.1) is 5.10 Å². The molecule has 0 aliphatic heterocycles. The lowest BCUT2D eigenvalue weighted by molar-refractivity contribution is 1.07. The van der Waals surface area contributed by atoms with Gasteiger partial charge in [0.1, 0.15) is 10.0 Å². The van der Waals surface area contributed by atoms with Crippen molar-refractivity contribution >= 4 is 34.9 Å². The molecule has 15 heavy (non-hydrogen) atoms. The molecule has 0 saturated heterocycles. The van der Waals surface area contributed by atoms with Crippen molar-refractivity contribution in [1.29, 1.82) is 0 Å². The third kappa shape index (κ3) is 3.19. The Labute approximate surface area is 102 Å². The molecule has 0 N–H and O–H groups in total. The maximum Gasteiger partial charge on any atom is 0.138 e. The molecule has 2 aromatic rings. The van der Waals surface area contributed by atoms with Crippen LogP contribution in [0.3, 0.4) is 0 Å². The fourth-order valence-electron chi connectivity index (χ4n) is 1.12. The fraction of sp³-hybridized carbons (Fsp3) is 0.200. The number of thioether (sulfide) groups is 1. The number of hydrogen-bond donors (Lipinski definition) is 0. The first kappa shape index (κ1) is 10.9. The Hall–Kier alpha value is -0.580. The van der Waals surface area contributed by atoms with Crippen LogP contribution in [0.15, 0.2) is 30.3 Å². The van der Waals surface area contributed by atoms with Crippen LogP contribution >= 0.6 is 34.9 Å². The Kier molecular flexibility index (Phi) is 4.00. The number of hydrogen-bond acceptors (Lipinski definition) is 4. The van der Waals surface area contributed by atoms with E-state index in [0.717, 1.165) is 17.2 Å². The van der Waals surface area contributed by atoms with Crippen molar-refractivity contribution in [3.8, 4) is 0 Å². The van der Waals surface area contributed by atoms with Crippen LogP contribution in [0.4, 0.5) is 0 Å². The minimum absolute atomic E-state index is 0.704. The van der Waals surface area contributed by atoms with Crippen molar-refractivity contribution in [2.75, 3.05) is 0 Å². The summed E-state index contributed by atoms with van der Waals surface area (Å²) in [5, 5.41) is 3.96. The summed E-state index contributed by atoms with van der Waals surface area (Å²) in [5.74, 6) is 1.80. The van der Waals surface area contributed by atoms with Crippen LogP contribution in [0, 0.1) is 0 Å². The highest BCUT2D eigenvalue weighted by Gasteiger charge is 2.04. The molecule has 5 heteroatoms. The Bertz CT molecular complexity index is 416. The molecule has 0 aliphatic carbocycles. The van der Waals surface area contributed by atoms with Crippen LogP contribution in [-0.2, 0) is 11.5 Å². The molecule has 0 aliphatic rings. The zero-order chi connectivity index (χ0) is 10.5. The largest absolute Gasteiger partial charge is 0.151 e. The molecule has 2 nitrogen and oxygen atoms in total. The summed E-state index contributed by atoms with van der Waals surface area (Å²) >= 11 is 8.94. The summed E-state index contributed by atoms with van der Waals surface area (Å²) in [4.78, 5) is 0. The Morgan fingerprint density at radius 2 is 2.00 bits per heavy atom. The molecule has 0 unspecified atom stereocenters. The number of nitrogens with zero attached hydrogens (tertiary/aromatic N) is 2. The third-order valence-electron chi connectivity index (χ3n) is 1.86. The smallest absolute Gasteiger partial charge is 0.138 e. The summed E-state index contributed by atoms with van der Waals surface area (Å²) in [6.45, 7) is 0. The van der Waals surface area contributed by atoms with Crippen LogP contribution in [0.5, 0.6) is 0 Å². The van der Waals surface area contributed by atoms with Crippen molar-refractivity contribution in [3.05, 3.63) is 45.9 Å². The molecular weight excluding hydrogens is 248 g/mol. The summed E-state index contributed by atoms with van der Waals surface area (Å²) < 4.78 is 4.50. The third-order valence-corrected chi connectivity index (χ3v) is 3.86. The van der Waals surface area contributed by atoms with E-state index >= 15 is 0 Å². The van der Waals surface area contributed by atoms with E-state index in [1.807, 2.05) is 18.2 Å². The van der Waals surface area contributed by atoms with Crippen LogP contribution in [0.1, 0.15) is 11.3 Å². The maximum atomic E-state index is 5.90. The van der Waals surface area contributed by atoms with Crippen molar-refractivity contribution in [1.82, 2.24) is 9.59 Å². The molecule has 1 heterocycles. The van der Waals surface area contributed by atoms with E-state index in [1.54, 1.807) is 11.8 Å². The van der Waals surface area contributed by atoms with E-state index in [1.165, 1.54) is 17.1 Å². The van der Waals surface area contributed by atoms with E-state index < -0.39 is 0 Å². The molecular formula is C10H9ClN2S2. The van der Waals surface area contributed by atoms with Gasteiger partial charge >= 0.3 is 0 Å². The number of rotatable bonds is 4. The highest BCUT2D eigenvalue weighted by atomic mass is 35.5. The number of aromatic nitrogens is 2. The second-order valence-corrected chi connectivity index (χ2v) is 5.31. The van der Waals surface area contributed by atoms with Crippen LogP contribution in [-0.4, -0.2) is 9.59 Å². The Morgan fingerprint density at radius 1 is 1.20 bits per heavy atom. The number of benzene rings is 1. The van der Waals surface area contributed by atoms with Crippen molar-refractivity contribution in [3.63, 3.8) is 0 Å². The van der Waals surface area contributed by atoms with Crippen molar-refractivity contribution < 1.29 is 0 Å². The van der Waals surface area contributed by atoms with E-state index in [-0.39, 0.29) is 0 Å². The first-order valence-corrected chi connectivity index (χ1v) is 6.75. The lowest BCUT2D eigenvalue weighted by Crippen LogP contribution is -1.84. The molecule has 0 saturated carbocycles. The SMILES string of the molecule is Clc1snnc1CSCc1ccccc1. The van der Waals surface area contributed by atoms with E-state index in [4.69, 9.17) is 11.6 Å². The average molecular weight is 257 g/mol. The molecule has 0 amide bonds. The molecule has 0 radical (unpaired) electrons. The topological polar surface area (TPSA) is 25.8 Å². The molecule has 78 valence electrons. The highest BCUT2D eigenvalue weighted by Crippen LogP contribution is 2.23. The van der Waals surface area contributed by atoms with Gasteiger partial charge in [-0.05, 0) is 5.56 Å². The minimum atomic E-state index is 0.704. The minimum Gasteiger partial charge on any atom is -0.151 e. The Morgan fingerprint density at radius 3 is 2.67 bits per heavy atom. The summed E-state index contributed by atoms with van der Waals surface area (Å²) in [6, 6.07) is 10.4. The molecule has 0 fully saturated rings. The predicted molar refractivity (Wildman–Crippen MR) is 66.4 cm³/mol. The lowest BCUT2D eigenvalue weighted by Gasteiger charge is -1.99. The maximum absolute atomic E-state index is 5.90. The summed E-state index contributed by atoms with van der Waals surface area (Å²) in [6.07, 6.45) is 0. The van der Waals surface area contributed by atoms with Gasteiger partial charge in [0.25, 0.3) is 0 Å². The van der Waals surface area contributed by atoms with Crippen molar-refractivity contribution in [2.24, 2.45) is 0 Å². The summed E-state index contributed by atoms with van der Waals surface area (Å²) in [7, 11) is 0. The lowest BCUT2D eigenvalue weighted by atomic mass is 10.2. The zero-order valence-electron chi connectivity index (χ0n) is 7.89. The van der Waals surface area contributed by atoms with Gasteiger partial charge < -0.3 is 0 Å². The van der Waals surface area contributed by atoms with Gasteiger partial charge in [-0.1, -0.05) is 46.4 Å². The van der Waals surface area contributed by atoms with E-state index in [0.29, 0.717) is 4.34 Å². The standard InChI is InChI=1S/C10H9ClN2S2/c11-10-9(12-13-15-10)7-14-6-8-4-2-1-3-5-8/h1-5H,6-7H2. The zero-order valence-corrected chi connectivity index (χ0v) is 10.3. The van der Waals surface area contributed by atoms with Crippen LogP contribution in [0.25, 0.3) is 0 Å². The molecule has 2 rings (SSSR count). The molecule has 0 atom stereocenters. The molecule has 1 aromatic carbocycles. The highest BCUT2D eigenvalue weighted by molar-refractivity contribution is 7.97. The average Bonchev–Trinajstić information content (AvgIpc) is 2.66. The molecule has 0 spiro atoms. The molecule has 0 bridgehead atoms. The van der Waals surface area contributed by atoms with Gasteiger partial charge in [-0.2, -0.15) is 11.8 Å². The predicted octanol–water partition coefficient (Wildman–Crippen LogP) is 3.62. The fourth-order valence-corrected chi connectivity index (χ4v) is 2.85. The van der Waals surface area contributed by atoms with Gasteiger partial charge in [0.2, 0.25) is 0 Å². The van der Waals surface area contributed by atoms with E-state index in [2.05, 4.69) is 21.7 Å².